The van der Waals surface area contributed by atoms with Crippen molar-refractivity contribution in [2.75, 3.05) is 31.1 Å². The molecule has 2 aromatic carbocycles. The standard InChI is InChI=1S/C26H34N2O4/c1-4-24(30)28(22-14-10-7-11-15-22)26(25(31)32-5-2)16-17-27(18-20(26)3)19-23(29)21-12-8-6-9-13-21/h6-15,20,23,29H,4-5,16-19H2,1-3H3/t20-,23?,26+/m1/s1. The normalized spacial score (nSPS) is 22.2. The van der Waals surface area contributed by atoms with Gasteiger partial charge in [0.15, 0.2) is 0 Å². The van der Waals surface area contributed by atoms with Crippen LogP contribution in [0.3, 0.4) is 0 Å². The van der Waals surface area contributed by atoms with Gasteiger partial charge in [0.1, 0.15) is 5.54 Å². The Morgan fingerprint density at radius 3 is 2.31 bits per heavy atom. The lowest BCUT2D eigenvalue weighted by Gasteiger charge is -2.50. The molecule has 1 heterocycles. The van der Waals surface area contributed by atoms with Crippen molar-refractivity contribution in [2.24, 2.45) is 5.92 Å². The molecular formula is C26H34N2O4. The average molecular weight is 439 g/mol. The van der Waals surface area contributed by atoms with Crippen LogP contribution in [0, 0.1) is 5.92 Å². The second-order valence-corrected chi connectivity index (χ2v) is 8.40. The highest BCUT2D eigenvalue weighted by Crippen LogP contribution is 2.39. The summed E-state index contributed by atoms with van der Waals surface area (Å²) in [5.74, 6) is -0.649. The van der Waals surface area contributed by atoms with Crippen molar-refractivity contribution < 1.29 is 19.4 Å². The van der Waals surface area contributed by atoms with Crippen molar-refractivity contribution in [1.29, 1.82) is 0 Å². The minimum absolute atomic E-state index is 0.103. The number of hydrogen-bond acceptors (Lipinski definition) is 5. The molecule has 0 aromatic heterocycles. The van der Waals surface area contributed by atoms with E-state index in [9.17, 15) is 14.7 Å². The Bertz CT molecular complexity index is 889. The Morgan fingerprint density at radius 2 is 1.75 bits per heavy atom. The van der Waals surface area contributed by atoms with Crippen LogP contribution in [0.1, 0.15) is 45.3 Å². The van der Waals surface area contributed by atoms with Crippen LogP contribution in [0.2, 0.25) is 0 Å². The SMILES string of the molecule is CCOC(=O)[C@]1(N(C(=O)CC)c2ccccc2)CCN(CC(O)c2ccccc2)C[C@H]1C. The van der Waals surface area contributed by atoms with E-state index in [0.29, 0.717) is 38.2 Å². The summed E-state index contributed by atoms with van der Waals surface area (Å²) >= 11 is 0. The molecule has 1 aliphatic rings. The highest BCUT2D eigenvalue weighted by atomic mass is 16.5. The molecule has 1 unspecified atom stereocenters. The minimum Gasteiger partial charge on any atom is -0.464 e. The smallest absolute Gasteiger partial charge is 0.332 e. The first-order chi connectivity index (χ1) is 15.4. The number of benzene rings is 2. The van der Waals surface area contributed by atoms with E-state index in [-0.39, 0.29) is 24.4 Å². The molecule has 0 spiro atoms. The van der Waals surface area contributed by atoms with Gasteiger partial charge in [0.2, 0.25) is 5.91 Å². The van der Waals surface area contributed by atoms with Gasteiger partial charge in [-0.2, -0.15) is 0 Å². The lowest BCUT2D eigenvalue weighted by Crippen LogP contribution is -2.67. The molecule has 0 saturated carbocycles. The van der Waals surface area contributed by atoms with E-state index in [1.165, 1.54) is 0 Å². The van der Waals surface area contributed by atoms with E-state index >= 15 is 0 Å². The van der Waals surface area contributed by atoms with Gasteiger partial charge in [0, 0.05) is 37.7 Å². The van der Waals surface area contributed by atoms with Crippen LogP contribution in [0.4, 0.5) is 5.69 Å². The third kappa shape index (κ3) is 4.87. The summed E-state index contributed by atoms with van der Waals surface area (Å²) in [6, 6.07) is 19.0. The molecule has 3 atom stereocenters. The van der Waals surface area contributed by atoms with Crippen molar-refractivity contribution in [3.63, 3.8) is 0 Å². The molecule has 1 aliphatic heterocycles. The van der Waals surface area contributed by atoms with Crippen LogP contribution in [-0.4, -0.2) is 53.7 Å². The van der Waals surface area contributed by atoms with Crippen LogP contribution in [0.5, 0.6) is 0 Å². The number of ether oxygens (including phenoxy) is 1. The number of rotatable bonds is 8. The predicted octanol–water partition coefficient (Wildman–Crippen LogP) is 3.81. The Hall–Kier alpha value is -2.70. The van der Waals surface area contributed by atoms with Crippen molar-refractivity contribution in [3.05, 3.63) is 66.2 Å². The van der Waals surface area contributed by atoms with Gasteiger partial charge in [-0.15, -0.1) is 0 Å². The molecule has 0 bridgehead atoms. The maximum atomic E-state index is 13.4. The first-order valence-corrected chi connectivity index (χ1v) is 11.4. The molecule has 1 N–H and O–H groups in total. The van der Waals surface area contributed by atoms with Gasteiger partial charge in [0.05, 0.1) is 12.7 Å². The number of para-hydroxylation sites is 1. The maximum Gasteiger partial charge on any atom is 0.332 e. The van der Waals surface area contributed by atoms with Gasteiger partial charge in [0.25, 0.3) is 0 Å². The van der Waals surface area contributed by atoms with Gasteiger partial charge in [-0.25, -0.2) is 4.79 Å². The summed E-state index contributed by atoms with van der Waals surface area (Å²) in [5, 5.41) is 10.7. The highest BCUT2D eigenvalue weighted by Gasteiger charge is 2.54. The first kappa shape index (κ1) is 24.0. The van der Waals surface area contributed by atoms with Crippen molar-refractivity contribution in [2.45, 2.75) is 45.3 Å². The number of carbonyl (C=O) groups is 2. The number of esters is 1. The predicted molar refractivity (Wildman–Crippen MR) is 125 cm³/mol. The molecule has 0 aliphatic carbocycles. The molecule has 32 heavy (non-hydrogen) atoms. The fourth-order valence-corrected chi connectivity index (χ4v) is 4.71. The topological polar surface area (TPSA) is 70.1 Å². The average Bonchev–Trinajstić information content (AvgIpc) is 2.82. The fourth-order valence-electron chi connectivity index (χ4n) is 4.71. The van der Waals surface area contributed by atoms with E-state index in [1.54, 1.807) is 11.8 Å². The number of β-amino-alcohol motifs (C(OH)–C–C–N with tert-alkyl or cyclic N) is 1. The van der Waals surface area contributed by atoms with E-state index in [1.807, 2.05) is 74.5 Å². The number of aliphatic hydroxyl groups excluding tert-OH is 1. The second-order valence-electron chi connectivity index (χ2n) is 8.40. The molecule has 2 aromatic rings. The molecule has 3 rings (SSSR count). The van der Waals surface area contributed by atoms with Crippen LogP contribution in [-0.2, 0) is 14.3 Å². The summed E-state index contributed by atoms with van der Waals surface area (Å²) in [6.45, 7) is 7.48. The third-order valence-electron chi connectivity index (χ3n) is 6.37. The second kappa shape index (κ2) is 10.7. The van der Waals surface area contributed by atoms with Crippen molar-refractivity contribution in [1.82, 2.24) is 4.90 Å². The number of aliphatic hydroxyl groups is 1. The first-order valence-electron chi connectivity index (χ1n) is 11.4. The Kier molecular flexibility index (Phi) is 8.04. The number of hydrogen-bond donors (Lipinski definition) is 1. The minimum atomic E-state index is -1.08. The van der Waals surface area contributed by atoms with Gasteiger partial charge in [-0.1, -0.05) is 62.4 Å². The summed E-state index contributed by atoms with van der Waals surface area (Å²) < 4.78 is 5.54. The number of likely N-dealkylation sites (tertiary alicyclic amines) is 1. The van der Waals surface area contributed by atoms with E-state index in [4.69, 9.17) is 4.74 Å². The number of piperidine rings is 1. The number of anilines is 1. The zero-order chi connectivity index (χ0) is 23.1. The Labute approximate surface area is 190 Å². The van der Waals surface area contributed by atoms with Crippen molar-refractivity contribution >= 4 is 17.6 Å². The molecule has 6 nitrogen and oxygen atoms in total. The summed E-state index contributed by atoms with van der Waals surface area (Å²) in [4.78, 5) is 30.4. The molecular weight excluding hydrogens is 404 g/mol. The molecule has 1 fully saturated rings. The van der Waals surface area contributed by atoms with Gasteiger partial charge >= 0.3 is 5.97 Å². The van der Waals surface area contributed by atoms with Gasteiger partial charge in [-0.05, 0) is 31.0 Å². The number of nitrogens with zero attached hydrogens (tertiary/aromatic N) is 2. The molecule has 1 saturated heterocycles. The van der Waals surface area contributed by atoms with Crippen LogP contribution < -0.4 is 4.90 Å². The Morgan fingerprint density at radius 1 is 1.12 bits per heavy atom. The van der Waals surface area contributed by atoms with Crippen LogP contribution >= 0.6 is 0 Å². The maximum absolute atomic E-state index is 13.4. The van der Waals surface area contributed by atoms with Gasteiger partial charge < -0.3 is 9.84 Å². The molecule has 1 amide bonds. The fraction of sp³-hybridized carbons (Fsp3) is 0.462. The third-order valence-corrected chi connectivity index (χ3v) is 6.37. The van der Waals surface area contributed by atoms with E-state index < -0.39 is 11.6 Å². The summed E-state index contributed by atoms with van der Waals surface area (Å²) in [5.41, 5.74) is 0.491. The number of amides is 1. The lowest BCUT2D eigenvalue weighted by molar-refractivity contribution is -0.156. The summed E-state index contributed by atoms with van der Waals surface area (Å²) in [7, 11) is 0. The van der Waals surface area contributed by atoms with Gasteiger partial charge in [-0.3, -0.25) is 14.6 Å². The zero-order valence-corrected chi connectivity index (χ0v) is 19.2. The molecule has 172 valence electrons. The Balaban J connectivity index is 1.90. The van der Waals surface area contributed by atoms with Crippen molar-refractivity contribution in [3.8, 4) is 0 Å². The number of carbonyl (C=O) groups excluding carboxylic acids is 2. The zero-order valence-electron chi connectivity index (χ0n) is 19.2. The molecule has 0 radical (unpaired) electrons. The van der Waals surface area contributed by atoms with Crippen LogP contribution in [0.25, 0.3) is 0 Å². The monoisotopic (exact) mass is 438 g/mol. The summed E-state index contributed by atoms with van der Waals surface area (Å²) in [6.07, 6.45) is 0.120. The van der Waals surface area contributed by atoms with E-state index in [0.717, 1.165) is 5.56 Å². The molecule has 6 heteroatoms. The quantitative estimate of drug-likeness (QED) is 0.635. The highest BCUT2D eigenvalue weighted by molar-refractivity contribution is 6.02. The lowest BCUT2D eigenvalue weighted by atomic mass is 9.76. The van der Waals surface area contributed by atoms with Crippen LogP contribution in [0.15, 0.2) is 60.7 Å². The van der Waals surface area contributed by atoms with E-state index in [2.05, 4.69) is 4.90 Å². The largest absolute Gasteiger partial charge is 0.464 e.